The Morgan fingerprint density at radius 2 is 2.12 bits per heavy atom. The quantitative estimate of drug-likeness (QED) is 0.786. The maximum Gasteiger partial charge on any atom is 0.236 e. The van der Waals surface area contributed by atoms with Gasteiger partial charge in [-0.25, -0.2) is 0 Å². The van der Waals surface area contributed by atoms with Crippen LogP contribution in [0.2, 0.25) is 0 Å². The molecule has 1 amide bonds. The number of likely N-dealkylation sites (N-methyl/N-ethyl adjacent to an activating group) is 1. The molecule has 1 heterocycles. The first kappa shape index (κ1) is 12.8. The second-order valence-corrected chi connectivity index (χ2v) is 5.47. The number of aliphatic hydroxyl groups excluding tert-OH is 1. The third kappa shape index (κ3) is 3.19. The molecule has 2 rings (SSSR count). The smallest absolute Gasteiger partial charge is 0.236 e. The molecule has 0 radical (unpaired) electrons. The van der Waals surface area contributed by atoms with Gasteiger partial charge in [-0.15, -0.1) is 0 Å². The van der Waals surface area contributed by atoms with Crippen molar-refractivity contribution in [3.63, 3.8) is 0 Å². The van der Waals surface area contributed by atoms with Crippen molar-refractivity contribution in [2.75, 3.05) is 26.2 Å². The van der Waals surface area contributed by atoms with Crippen LogP contribution in [0.1, 0.15) is 33.1 Å². The zero-order chi connectivity index (χ0) is 12.4. The highest BCUT2D eigenvalue weighted by atomic mass is 16.3. The minimum Gasteiger partial charge on any atom is -0.391 e. The molecule has 0 aromatic heterocycles. The van der Waals surface area contributed by atoms with E-state index in [2.05, 4.69) is 18.7 Å². The topological polar surface area (TPSA) is 43.8 Å². The van der Waals surface area contributed by atoms with E-state index in [1.807, 2.05) is 4.90 Å². The van der Waals surface area contributed by atoms with Crippen LogP contribution >= 0.6 is 0 Å². The van der Waals surface area contributed by atoms with Crippen LogP contribution in [-0.2, 0) is 4.79 Å². The Bertz CT molecular complexity index is 279. The number of carbonyl (C=O) groups excluding carboxylic acids is 1. The number of carbonyl (C=O) groups is 1. The number of aliphatic hydroxyl groups is 1. The molecule has 4 heteroatoms. The molecular formula is C13H24N2O2. The molecule has 1 saturated heterocycles. The van der Waals surface area contributed by atoms with Crippen molar-refractivity contribution in [3.05, 3.63) is 0 Å². The van der Waals surface area contributed by atoms with Crippen molar-refractivity contribution >= 4 is 5.91 Å². The number of likely N-dealkylation sites (tertiary alicyclic amines) is 1. The van der Waals surface area contributed by atoms with E-state index < -0.39 is 0 Å². The summed E-state index contributed by atoms with van der Waals surface area (Å²) in [5.74, 6) is 0.509. The van der Waals surface area contributed by atoms with Gasteiger partial charge in [0.15, 0.2) is 0 Å². The molecule has 17 heavy (non-hydrogen) atoms. The van der Waals surface area contributed by atoms with E-state index in [9.17, 15) is 9.90 Å². The molecule has 1 saturated carbocycles. The van der Waals surface area contributed by atoms with Crippen molar-refractivity contribution in [2.24, 2.45) is 5.92 Å². The molecule has 2 aliphatic rings. The number of piperidine rings is 1. The van der Waals surface area contributed by atoms with Crippen LogP contribution in [0.5, 0.6) is 0 Å². The SMILES string of the molecule is CCN(CC(=O)N1CCC(C)C(O)C1)C1CC1. The largest absolute Gasteiger partial charge is 0.391 e. The minimum absolute atomic E-state index is 0.185. The Labute approximate surface area is 104 Å². The predicted octanol–water partition coefficient (Wildman–Crippen LogP) is 0.700. The number of hydrogen-bond acceptors (Lipinski definition) is 3. The van der Waals surface area contributed by atoms with Gasteiger partial charge in [-0.3, -0.25) is 9.69 Å². The Balaban J connectivity index is 1.82. The molecule has 2 atom stereocenters. The van der Waals surface area contributed by atoms with Crippen LogP contribution < -0.4 is 0 Å². The van der Waals surface area contributed by atoms with Crippen LogP contribution in [0, 0.1) is 5.92 Å². The lowest BCUT2D eigenvalue weighted by atomic mass is 9.96. The maximum absolute atomic E-state index is 12.1. The van der Waals surface area contributed by atoms with Crippen molar-refractivity contribution in [3.8, 4) is 0 Å². The molecular weight excluding hydrogens is 216 g/mol. The molecule has 0 aromatic carbocycles. The molecule has 0 aromatic rings. The second-order valence-electron chi connectivity index (χ2n) is 5.47. The number of nitrogens with zero attached hydrogens (tertiary/aromatic N) is 2. The first-order valence-electron chi connectivity index (χ1n) is 6.81. The molecule has 0 spiro atoms. The van der Waals surface area contributed by atoms with Gasteiger partial charge in [0.25, 0.3) is 0 Å². The highest BCUT2D eigenvalue weighted by Gasteiger charge is 2.32. The Morgan fingerprint density at radius 1 is 1.41 bits per heavy atom. The van der Waals surface area contributed by atoms with E-state index in [0.29, 0.717) is 25.0 Å². The van der Waals surface area contributed by atoms with E-state index >= 15 is 0 Å². The van der Waals surface area contributed by atoms with Gasteiger partial charge in [0.1, 0.15) is 0 Å². The summed E-state index contributed by atoms with van der Waals surface area (Å²) in [7, 11) is 0. The lowest BCUT2D eigenvalue weighted by molar-refractivity contribution is -0.136. The zero-order valence-corrected chi connectivity index (χ0v) is 10.9. The summed E-state index contributed by atoms with van der Waals surface area (Å²) >= 11 is 0. The van der Waals surface area contributed by atoms with Gasteiger partial charge < -0.3 is 10.0 Å². The fourth-order valence-electron chi connectivity index (χ4n) is 2.49. The number of β-amino-alcohol motifs (C(OH)–C–C–N with tert-alkyl or cyclic N) is 1. The average Bonchev–Trinajstić information content (AvgIpc) is 3.13. The van der Waals surface area contributed by atoms with Gasteiger partial charge in [-0.05, 0) is 31.7 Å². The van der Waals surface area contributed by atoms with E-state index in [1.54, 1.807) is 0 Å². The van der Waals surface area contributed by atoms with Gasteiger partial charge in [-0.1, -0.05) is 13.8 Å². The van der Waals surface area contributed by atoms with Crippen LogP contribution in [-0.4, -0.2) is 59.1 Å². The highest BCUT2D eigenvalue weighted by molar-refractivity contribution is 5.78. The van der Waals surface area contributed by atoms with E-state index in [4.69, 9.17) is 0 Å². The third-order valence-corrected chi connectivity index (χ3v) is 4.08. The van der Waals surface area contributed by atoms with Crippen LogP contribution in [0.15, 0.2) is 0 Å². The zero-order valence-electron chi connectivity index (χ0n) is 10.9. The molecule has 4 nitrogen and oxygen atoms in total. The molecule has 0 bridgehead atoms. The van der Waals surface area contributed by atoms with Crippen molar-refractivity contribution in [1.29, 1.82) is 0 Å². The van der Waals surface area contributed by atoms with Gasteiger partial charge >= 0.3 is 0 Å². The second kappa shape index (κ2) is 5.36. The molecule has 2 unspecified atom stereocenters. The monoisotopic (exact) mass is 240 g/mol. The van der Waals surface area contributed by atoms with Gasteiger partial charge in [0, 0.05) is 19.1 Å². The summed E-state index contributed by atoms with van der Waals surface area (Å²) in [4.78, 5) is 16.2. The maximum atomic E-state index is 12.1. The van der Waals surface area contributed by atoms with Crippen LogP contribution in [0.3, 0.4) is 0 Å². The summed E-state index contributed by atoms with van der Waals surface area (Å²) in [6, 6.07) is 0.637. The van der Waals surface area contributed by atoms with Crippen molar-refractivity contribution in [1.82, 2.24) is 9.80 Å². The van der Waals surface area contributed by atoms with E-state index in [0.717, 1.165) is 19.5 Å². The first-order chi connectivity index (χ1) is 8.11. The summed E-state index contributed by atoms with van der Waals surface area (Å²) in [6.45, 7) is 6.96. The lowest BCUT2D eigenvalue weighted by Crippen LogP contribution is -2.49. The fourth-order valence-corrected chi connectivity index (χ4v) is 2.49. The lowest BCUT2D eigenvalue weighted by Gasteiger charge is -2.35. The number of hydrogen-bond donors (Lipinski definition) is 1. The summed E-state index contributed by atoms with van der Waals surface area (Å²) < 4.78 is 0. The predicted molar refractivity (Wildman–Crippen MR) is 66.6 cm³/mol. The molecule has 1 aliphatic carbocycles. The Hall–Kier alpha value is -0.610. The van der Waals surface area contributed by atoms with Crippen LogP contribution in [0.25, 0.3) is 0 Å². The molecule has 2 fully saturated rings. The molecule has 1 N–H and O–H groups in total. The number of rotatable bonds is 4. The first-order valence-corrected chi connectivity index (χ1v) is 6.81. The standard InChI is InChI=1S/C13H24N2O2/c1-3-14(11-4-5-11)9-13(17)15-7-6-10(2)12(16)8-15/h10-12,16H,3-9H2,1-2H3. The summed E-state index contributed by atoms with van der Waals surface area (Å²) in [5, 5.41) is 9.80. The summed E-state index contributed by atoms with van der Waals surface area (Å²) in [5.41, 5.74) is 0. The normalized spacial score (nSPS) is 29.8. The van der Waals surface area contributed by atoms with E-state index in [1.165, 1.54) is 12.8 Å². The van der Waals surface area contributed by atoms with Crippen molar-refractivity contribution in [2.45, 2.75) is 45.3 Å². The highest BCUT2D eigenvalue weighted by Crippen LogP contribution is 2.26. The van der Waals surface area contributed by atoms with Gasteiger partial charge in [0.05, 0.1) is 12.6 Å². The van der Waals surface area contributed by atoms with E-state index in [-0.39, 0.29) is 12.0 Å². The summed E-state index contributed by atoms with van der Waals surface area (Å²) in [6.07, 6.45) is 3.05. The third-order valence-electron chi connectivity index (χ3n) is 4.08. The molecule has 98 valence electrons. The average molecular weight is 240 g/mol. The van der Waals surface area contributed by atoms with Gasteiger partial charge in [0.2, 0.25) is 5.91 Å². The van der Waals surface area contributed by atoms with Gasteiger partial charge in [-0.2, -0.15) is 0 Å². The number of amides is 1. The van der Waals surface area contributed by atoms with Crippen molar-refractivity contribution < 1.29 is 9.90 Å². The Kier molecular flexibility index (Phi) is 4.05. The Morgan fingerprint density at radius 3 is 2.65 bits per heavy atom. The minimum atomic E-state index is -0.344. The van der Waals surface area contributed by atoms with Crippen LogP contribution in [0.4, 0.5) is 0 Å². The molecule has 1 aliphatic heterocycles. The fraction of sp³-hybridized carbons (Fsp3) is 0.923.